The van der Waals surface area contributed by atoms with Gasteiger partial charge in [0.15, 0.2) is 0 Å². The Balaban J connectivity index is 1.60. The van der Waals surface area contributed by atoms with Gasteiger partial charge in [-0.1, -0.05) is 41.9 Å². The van der Waals surface area contributed by atoms with E-state index in [1.165, 1.54) is 10.5 Å². The Hall–Kier alpha value is -2.13. The van der Waals surface area contributed by atoms with E-state index in [1.807, 2.05) is 18.2 Å². The summed E-state index contributed by atoms with van der Waals surface area (Å²) in [5, 5.41) is 0.597. The molecule has 1 heterocycles. The minimum absolute atomic E-state index is 0.0566. The number of nitrogens with zero attached hydrogens (tertiary/aromatic N) is 1. The lowest BCUT2D eigenvalue weighted by Crippen LogP contribution is -2.30. The highest BCUT2D eigenvalue weighted by Crippen LogP contribution is 2.45. The maximum Gasteiger partial charge on any atom is 0.237 e. The normalized spacial score (nSPS) is 26.5. The van der Waals surface area contributed by atoms with Crippen molar-refractivity contribution in [2.75, 3.05) is 4.90 Å². The van der Waals surface area contributed by atoms with E-state index in [0.717, 1.165) is 19.3 Å². The van der Waals surface area contributed by atoms with Crippen LogP contribution in [-0.4, -0.2) is 11.8 Å². The van der Waals surface area contributed by atoms with Crippen LogP contribution in [0, 0.1) is 11.8 Å². The molecule has 3 nitrogen and oxygen atoms in total. The fraction of sp³-hybridized carbons (Fsp3) is 0.300. The van der Waals surface area contributed by atoms with Crippen molar-refractivity contribution in [2.45, 2.75) is 25.2 Å². The predicted octanol–water partition coefficient (Wildman–Crippen LogP) is 4.41. The number of fused-ring (bicyclic) bond motifs is 1. The fourth-order valence-corrected chi connectivity index (χ4v) is 4.18. The van der Waals surface area contributed by atoms with Crippen LogP contribution in [0.1, 0.15) is 30.7 Å². The zero-order valence-corrected chi connectivity index (χ0v) is 13.9. The van der Waals surface area contributed by atoms with Crippen LogP contribution in [0.15, 0.2) is 54.6 Å². The average Bonchev–Trinajstić information content (AvgIpc) is 2.87. The number of rotatable bonds is 2. The molecule has 1 saturated carbocycles. The summed E-state index contributed by atoms with van der Waals surface area (Å²) in [6, 6.07) is 17.2. The summed E-state index contributed by atoms with van der Waals surface area (Å²) in [5.74, 6) is -0.138. The highest BCUT2D eigenvalue weighted by molar-refractivity contribution is 6.30. The van der Waals surface area contributed by atoms with E-state index in [4.69, 9.17) is 11.6 Å². The molecule has 2 aliphatic rings. The number of benzene rings is 2. The lowest BCUT2D eigenvalue weighted by atomic mass is 9.73. The quantitative estimate of drug-likeness (QED) is 0.760. The Labute approximate surface area is 146 Å². The monoisotopic (exact) mass is 339 g/mol. The third-order valence-electron chi connectivity index (χ3n) is 5.28. The summed E-state index contributed by atoms with van der Waals surface area (Å²) < 4.78 is 0. The number of anilines is 1. The van der Waals surface area contributed by atoms with Crippen LogP contribution in [0.5, 0.6) is 0 Å². The molecule has 0 radical (unpaired) electrons. The molecule has 2 aromatic rings. The van der Waals surface area contributed by atoms with E-state index in [2.05, 4.69) is 12.1 Å². The first-order chi connectivity index (χ1) is 11.6. The van der Waals surface area contributed by atoms with E-state index in [-0.39, 0.29) is 23.7 Å². The summed E-state index contributed by atoms with van der Waals surface area (Å²) in [6.07, 6.45) is 2.49. The number of halogens is 1. The molecule has 3 atom stereocenters. The molecule has 4 heteroatoms. The lowest BCUT2D eigenvalue weighted by Gasteiger charge is -2.28. The molecule has 0 N–H and O–H groups in total. The topological polar surface area (TPSA) is 37.4 Å². The first kappa shape index (κ1) is 15.4. The summed E-state index contributed by atoms with van der Waals surface area (Å²) in [7, 11) is 0. The van der Waals surface area contributed by atoms with Crippen molar-refractivity contribution in [3.63, 3.8) is 0 Å². The second-order valence-corrected chi connectivity index (χ2v) is 7.06. The van der Waals surface area contributed by atoms with Crippen molar-refractivity contribution in [2.24, 2.45) is 11.8 Å². The molecule has 2 aromatic carbocycles. The van der Waals surface area contributed by atoms with Crippen molar-refractivity contribution in [3.8, 4) is 0 Å². The number of hydrogen-bond donors (Lipinski definition) is 0. The van der Waals surface area contributed by atoms with Crippen molar-refractivity contribution in [1.82, 2.24) is 0 Å². The zero-order chi connectivity index (χ0) is 16.7. The van der Waals surface area contributed by atoms with Crippen LogP contribution in [0.25, 0.3) is 0 Å². The maximum absolute atomic E-state index is 12.9. The Morgan fingerprint density at radius 2 is 1.50 bits per heavy atom. The maximum atomic E-state index is 12.9. The molecule has 0 spiro atoms. The highest BCUT2D eigenvalue weighted by atomic mass is 35.5. The number of carbonyl (C=O) groups excluding carboxylic acids is 2. The number of hydrogen-bond acceptors (Lipinski definition) is 2. The van der Waals surface area contributed by atoms with Crippen LogP contribution in [-0.2, 0) is 9.59 Å². The van der Waals surface area contributed by atoms with Gasteiger partial charge in [-0.25, -0.2) is 0 Å². The smallest absolute Gasteiger partial charge is 0.237 e. The van der Waals surface area contributed by atoms with Gasteiger partial charge in [0.25, 0.3) is 0 Å². The first-order valence-corrected chi connectivity index (χ1v) is 8.71. The molecule has 2 fully saturated rings. The van der Waals surface area contributed by atoms with E-state index in [0.29, 0.717) is 16.6 Å². The summed E-state index contributed by atoms with van der Waals surface area (Å²) in [6.45, 7) is 0. The molecular formula is C20H18ClNO2. The third kappa shape index (κ3) is 2.53. The van der Waals surface area contributed by atoms with Gasteiger partial charge in [-0.15, -0.1) is 0 Å². The van der Waals surface area contributed by atoms with Gasteiger partial charge in [0.2, 0.25) is 11.8 Å². The van der Waals surface area contributed by atoms with Crippen LogP contribution in [0.2, 0.25) is 5.02 Å². The largest absolute Gasteiger partial charge is 0.274 e. The van der Waals surface area contributed by atoms with Crippen LogP contribution >= 0.6 is 11.6 Å². The molecule has 4 rings (SSSR count). The molecule has 2 amide bonds. The molecule has 122 valence electrons. The van der Waals surface area contributed by atoms with Crippen molar-refractivity contribution in [1.29, 1.82) is 0 Å². The molecule has 1 aliphatic carbocycles. The van der Waals surface area contributed by atoms with Crippen molar-refractivity contribution < 1.29 is 9.59 Å². The molecule has 1 aliphatic heterocycles. The van der Waals surface area contributed by atoms with Crippen molar-refractivity contribution >= 4 is 29.1 Å². The molecule has 0 unspecified atom stereocenters. The van der Waals surface area contributed by atoms with Gasteiger partial charge in [-0.3, -0.25) is 14.5 Å². The zero-order valence-electron chi connectivity index (χ0n) is 13.2. The number of imide groups is 1. The SMILES string of the molecule is O=C1[C@@H]2CC[C@@H](c3ccccc3)C[C@H]2C(=O)N1c1ccc(Cl)cc1. The second kappa shape index (κ2) is 6.06. The van der Waals surface area contributed by atoms with Gasteiger partial charge in [0.1, 0.15) is 0 Å². The summed E-state index contributed by atoms with van der Waals surface area (Å²) >= 11 is 5.91. The van der Waals surface area contributed by atoms with E-state index in [1.54, 1.807) is 24.3 Å². The summed E-state index contributed by atoms with van der Waals surface area (Å²) in [5.41, 5.74) is 1.89. The van der Waals surface area contributed by atoms with Crippen LogP contribution in [0.4, 0.5) is 5.69 Å². The standard InChI is InChI=1S/C20H18ClNO2/c21-15-7-9-16(10-8-15)22-19(23)17-11-6-14(12-18(17)20(22)24)13-4-2-1-3-5-13/h1-5,7-10,14,17-18H,6,11-12H2/t14-,17-,18-/m1/s1. The molecule has 1 saturated heterocycles. The Bertz CT molecular complexity index is 772. The number of amides is 2. The molecule has 24 heavy (non-hydrogen) atoms. The lowest BCUT2D eigenvalue weighted by molar-refractivity contribution is -0.122. The van der Waals surface area contributed by atoms with Gasteiger partial charge < -0.3 is 0 Å². The fourth-order valence-electron chi connectivity index (χ4n) is 4.05. The molecular weight excluding hydrogens is 322 g/mol. The van der Waals surface area contributed by atoms with Crippen LogP contribution in [0.3, 0.4) is 0 Å². The van der Waals surface area contributed by atoms with Gasteiger partial charge in [-0.2, -0.15) is 0 Å². The van der Waals surface area contributed by atoms with E-state index < -0.39 is 0 Å². The minimum atomic E-state index is -0.202. The Morgan fingerprint density at radius 3 is 2.21 bits per heavy atom. The van der Waals surface area contributed by atoms with E-state index >= 15 is 0 Å². The Kier molecular flexibility index (Phi) is 3.89. The highest BCUT2D eigenvalue weighted by Gasteiger charge is 2.50. The van der Waals surface area contributed by atoms with Crippen LogP contribution < -0.4 is 4.90 Å². The van der Waals surface area contributed by atoms with Crippen molar-refractivity contribution in [3.05, 3.63) is 65.2 Å². The second-order valence-electron chi connectivity index (χ2n) is 6.62. The Morgan fingerprint density at radius 1 is 0.833 bits per heavy atom. The molecule has 0 aromatic heterocycles. The number of carbonyl (C=O) groups is 2. The summed E-state index contributed by atoms with van der Waals surface area (Å²) in [4.78, 5) is 27.0. The predicted molar refractivity (Wildman–Crippen MR) is 94.0 cm³/mol. The van der Waals surface area contributed by atoms with Gasteiger partial charge in [0.05, 0.1) is 17.5 Å². The first-order valence-electron chi connectivity index (χ1n) is 8.33. The van der Waals surface area contributed by atoms with Gasteiger partial charge in [-0.05, 0) is 55.0 Å². The minimum Gasteiger partial charge on any atom is -0.274 e. The average molecular weight is 340 g/mol. The molecule has 0 bridgehead atoms. The third-order valence-corrected chi connectivity index (χ3v) is 5.53. The van der Waals surface area contributed by atoms with Gasteiger partial charge in [0, 0.05) is 5.02 Å². The van der Waals surface area contributed by atoms with E-state index in [9.17, 15) is 9.59 Å². The van der Waals surface area contributed by atoms with Gasteiger partial charge >= 0.3 is 0 Å².